The lowest BCUT2D eigenvalue weighted by Crippen LogP contribution is -2.12. The molecule has 1 aromatic heterocycles. The molecule has 26 heavy (non-hydrogen) atoms. The molecular weight excluding hydrogens is 407 g/mol. The van der Waals surface area contributed by atoms with Gasteiger partial charge in [-0.15, -0.1) is 0 Å². The third kappa shape index (κ3) is 3.51. The lowest BCUT2D eigenvalue weighted by atomic mass is 10.1. The Kier molecular flexibility index (Phi) is 5.27. The second-order valence-electron chi connectivity index (χ2n) is 6.32. The number of aromatic nitrogens is 1. The summed E-state index contributed by atoms with van der Waals surface area (Å²) in [6, 6.07) is 14.0. The molecule has 1 aliphatic carbocycles. The molecule has 6 heteroatoms. The van der Waals surface area contributed by atoms with E-state index in [1.165, 1.54) is 11.1 Å². The van der Waals surface area contributed by atoms with Crippen molar-refractivity contribution in [2.45, 2.75) is 23.8 Å². The smallest absolute Gasteiger partial charge is 0.0631 e. The van der Waals surface area contributed by atoms with Gasteiger partial charge < -0.3 is 5.32 Å². The van der Waals surface area contributed by atoms with Crippen LogP contribution in [0.2, 0.25) is 15.1 Å². The Morgan fingerprint density at radius 1 is 1.04 bits per heavy atom. The molecule has 1 unspecified atom stereocenters. The van der Waals surface area contributed by atoms with E-state index < -0.39 is 0 Å². The van der Waals surface area contributed by atoms with Crippen LogP contribution in [0, 0.1) is 0 Å². The molecular formula is C20H17Cl3N2S. The van der Waals surface area contributed by atoms with Crippen molar-refractivity contribution in [1.82, 2.24) is 9.29 Å². The number of halogens is 3. The van der Waals surface area contributed by atoms with Crippen LogP contribution in [0.4, 0.5) is 0 Å². The molecule has 0 amide bonds. The highest BCUT2D eigenvalue weighted by atomic mass is 35.5. The fourth-order valence-corrected chi connectivity index (χ4v) is 5.35. The summed E-state index contributed by atoms with van der Waals surface area (Å²) in [5, 5.41) is 5.43. The second-order valence-corrected chi connectivity index (χ2v) is 8.68. The maximum atomic E-state index is 6.28. The molecule has 1 aliphatic rings. The molecule has 0 bridgehead atoms. The van der Waals surface area contributed by atoms with Crippen LogP contribution in [0.1, 0.15) is 23.6 Å². The Morgan fingerprint density at radius 3 is 2.50 bits per heavy atom. The van der Waals surface area contributed by atoms with Crippen LogP contribution >= 0.6 is 46.8 Å². The van der Waals surface area contributed by atoms with E-state index in [0.29, 0.717) is 16.1 Å². The van der Waals surface area contributed by atoms with Gasteiger partial charge in [-0.25, -0.2) is 0 Å². The number of nitrogens with zero attached hydrogens (tertiary/aromatic N) is 1. The first-order valence-corrected chi connectivity index (χ1v) is 10.3. The molecule has 1 N–H and O–H groups in total. The molecule has 1 heterocycles. The molecule has 2 aromatic carbocycles. The van der Waals surface area contributed by atoms with E-state index in [2.05, 4.69) is 21.6 Å². The minimum absolute atomic E-state index is 0.375. The van der Waals surface area contributed by atoms with Gasteiger partial charge in [0.15, 0.2) is 0 Å². The van der Waals surface area contributed by atoms with Crippen molar-refractivity contribution < 1.29 is 0 Å². The molecule has 0 radical (unpaired) electrons. The monoisotopic (exact) mass is 422 g/mol. The fourth-order valence-electron chi connectivity index (χ4n) is 3.55. The Balaban J connectivity index is 1.85. The van der Waals surface area contributed by atoms with Crippen molar-refractivity contribution in [3.63, 3.8) is 0 Å². The number of hydrogen-bond donors (Lipinski definition) is 1. The Morgan fingerprint density at radius 2 is 1.81 bits per heavy atom. The van der Waals surface area contributed by atoms with Gasteiger partial charge in [-0.05, 0) is 79.4 Å². The summed E-state index contributed by atoms with van der Waals surface area (Å²) in [6.07, 6.45) is 4.35. The highest BCUT2D eigenvalue weighted by molar-refractivity contribution is 7.98. The van der Waals surface area contributed by atoms with Crippen molar-refractivity contribution in [2.75, 3.05) is 7.05 Å². The average molecular weight is 424 g/mol. The Bertz CT molecular complexity index is 947. The summed E-state index contributed by atoms with van der Waals surface area (Å²) in [4.78, 5) is 1.08. The molecule has 4 rings (SSSR count). The third-order valence-electron chi connectivity index (χ3n) is 4.65. The van der Waals surface area contributed by atoms with Crippen molar-refractivity contribution >= 4 is 46.8 Å². The van der Waals surface area contributed by atoms with Gasteiger partial charge >= 0.3 is 0 Å². The van der Waals surface area contributed by atoms with Gasteiger partial charge in [0.1, 0.15) is 0 Å². The van der Waals surface area contributed by atoms with Gasteiger partial charge in [0.05, 0.1) is 5.69 Å². The third-order valence-corrected chi connectivity index (χ3v) is 6.27. The summed E-state index contributed by atoms with van der Waals surface area (Å²) < 4.78 is 2.21. The molecule has 0 saturated carbocycles. The van der Waals surface area contributed by atoms with Crippen LogP contribution in [0.3, 0.4) is 0 Å². The first-order chi connectivity index (χ1) is 12.5. The minimum Gasteiger partial charge on any atom is -0.313 e. The van der Waals surface area contributed by atoms with Gasteiger partial charge in [-0.2, -0.15) is 0 Å². The molecule has 0 saturated heterocycles. The molecule has 0 spiro atoms. The lowest BCUT2D eigenvalue weighted by molar-refractivity contribution is 0.588. The van der Waals surface area contributed by atoms with Crippen LogP contribution in [0.25, 0.3) is 11.3 Å². The second kappa shape index (κ2) is 7.49. The van der Waals surface area contributed by atoms with Crippen LogP contribution in [-0.2, 0) is 6.42 Å². The summed E-state index contributed by atoms with van der Waals surface area (Å²) in [5.41, 5.74) is 4.90. The van der Waals surface area contributed by atoms with E-state index >= 15 is 0 Å². The van der Waals surface area contributed by atoms with Gasteiger partial charge in [0, 0.05) is 37.8 Å². The summed E-state index contributed by atoms with van der Waals surface area (Å²) in [5.74, 6) is 0. The van der Waals surface area contributed by atoms with Crippen LogP contribution < -0.4 is 5.32 Å². The molecule has 2 nitrogen and oxygen atoms in total. The first-order valence-electron chi connectivity index (χ1n) is 8.37. The van der Waals surface area contributed by atoms with E-state index in [1.54, 1.807) is 18.0 Å². The topological polar surface area (TPSA) is 17.0 Å². The largest absolute Gasteiger partial charge is 0.313 e. The summed E-state index contributed by atoms with van der Waals surface area (Å²) in [7, 11) is 2.01. The van der Waals surface area contributed by atoms with Crippen LogP contribution in [-0.4, -0.2) is 11.0 Å². The maximum Gasteiger partial charge on any atom is 0.0631 e. The van der Waals surface area contributed by atoms with Crippen LogP contribution in [0.15, 0.2) is 53.6 Å². The standard InChI is InChI=1S/C20H17Cl3N2S/c1-24-19-6-5-17-18(19)11-25(26-16-4-2-3-13(21)10-16)20(17)12-7-14(22)9-15(23)8-12/h2-4,7-11,19,24H,5-6H2,1H3. The number of nitrogens with one attached hydrogen (secondary N) is 1. The molecule has 0 fully saturated rings. The van der Waals surface area contributed by atoms with Gasteiger partial charge in [0.2, 0.25) is 0 Å². The number of benzene rings is 2. The highest BCUT2D eigenvalue weighted by Crippen LogP contribution is 2.43. The first kappa shape index (κ1) is 18.3. The van der Waals surface area contributed by atoms with Gasteiger partial charge in [-0.3, -0.25) is 3.97 Å². The van der Waals surface area contributed by atoms with E-state index in [-0.39, 0.29) is 0 Å². The van der Waals surface area contributed by atoms with E-state index in [4.69, 9.17) is 34.8 Å². The summed E-state index contributed by atoms with van der Waals surface area (Å²) >= 11 is 20.4. The van der Waals surface area contributed by atoms with Crippen molar-refractivity contribution in [1.29, 1.82) is 0 Å². The van der Waals surface area contributed by atoms with Crippen LogP contribution in [0.5, 0.6) is 0 Å². The zero-order chi connectivity index (χ0) is 18.3. The predicted octanol–water partition coefficient (Wildman–Crippen LogP) is 6.88. The minimum atomic E-state index is 0.375. The van der Waals surface area contributed by atoms with E-state index in [9.17, 15) is 0 Å². The molecule has 3 aromatic rings. The maximum absolute atomic E-state index is 6.28. The average Bonchev–Trinajstić information content (AvgIpc) is 3.12. The van der Waals surface area contributed by atoms with Crippen molar-refractivity contribution in [2.24, 2.45) is 0 Å². The SMILES string of the molecule is CNC1CCc2c1cn(Sc1cccc(Cl)c1)c2-c1cc(Cl)cc(Cl)c1. The quantitative estimate of drug-likeness (QED) is 0.492. The predicted molar refractivity (Wildman–Crippen MR) is 113 cm³/mol. The van der Waals surface area contributed by atoms with Gasteiger partial charge in [0.25, 0.3) is 0 Å². The Hall–Kier alpha value is -1.10. The number of hydrogen-bond acceptors (Lipinski definition) is 2. The highest BCUT2D eigenvalue weighted by Gasteiger charge is 2.28. The molecule has 134 valence electrons. The number of fused-ring (bicyclic) bond motifs is 1. The van der Waals surface area contributed by atoms with Crippen molar-refractivity contribution in [3.05, 3.63) is 74.9 Å². The fraction of sp³-hybridized carbons (Fsp3) is 0.200. The normalized spacial score (nSPS) is 16.1. The van der Waals surface area contributed by atoms with Gasteiger partial charge in [-0.1, -0.05) is 40.9 Å². The Labute approximate surface area is 172 Å². The van der Waals surface area contributed by atoms with E-state index in [0.717, 1.165) is 34.0 Å². The van der Waals surface area contributed by atoms with Crippen molar-refractivity contribution in [3.8, 4) is 11.3 Å². The zero-order valence-electron chi connectivity index (χ0n) is 14.1. The lowest BCUT2D eigenvalue weighted by Gasteiger charge is -2.12. The molecule has 0 aliphatic heterocycles. The number of rotatable bonds is 4. The molecule has 1 atom stereocenters. The summed E-state index contributed by atoms with van der Waals surface area (Å²) in [6.45, 7) is 0. The van der Waals surface area contributed by atoms with E-state index in [1.807, 2.05) is 37.4 Å². The zero-order valence-corrected chi connectivity index (χ0v) is 17.2.